The van der Waals surface area contributed by atoms with Gasteiger partial charge in [-0.25, -0.2) is 4.39 Å². The van der Waals surface area contributed by atoms with Crippen molar-refractivity contribution >= 4 is 11.6 Å². The minimum atomic E-state index is -0.467. The Morgan fingerprint density at radius 2 is 2.04 bits per heavy atom. The molecule has 0 atom stereocenters. The van der Waals surface area contributed by atoms with Crippen molar-refractivity contribution in [1.82, 2.24) is 0 Å². The Morgan fingerprint density at radius 3 is 2.72 bits per heavy atom. The predicted molar refractivity (Wildman–Crippen MR) is 93.8 cm³/mol. The lowest BCUT2D eigenvalue weighted by Crippen LogP contribution is -2.36. The Labute approximate surface area is 147 Å². The molecule has 3 aliphatic rings. The van der Waals surface area contributed by atoms with Gasteiger partial charge in [0.15, 0.2) is 5.66 Å². The van der Waals surface area contributed by atoms with Gasteiger partial charge in [0.05, 0.1) is 5.69 Å². The van der Waals surface area contributed by atoms with Crippen LogP contribution in [0.1, 0.15) is 56.9 Å². The van der Waals surface area contributed by atoms with Gasteiger partial charge in [-0.3, -0.25) is 4.79 Å². The number of carbonyl (C=O) groups is 1. The molecule has 4 rings (SSSR count). The molecule has 2 aliphatic heterocycles. The Hall–Kier alpha value is -2.22. The molecule has 25 heavy (non-hydrogen) atoms. The number of para-hydroxylation sites is 1. The summed E-state index contributed by atoms with van der Waals surface area (Å²) in [5.41, 5.74) is 0.992. The molecule has 1 amide bonds. The number of hydrogen-bond donors (Lipinski definition) is 0. The number of amides is 1. The first-order valence-electron chi connectivity index (χ1n) is 9.06. The van der Waals surface area contributed by atoms with Crippen LogP contribution in [0.5, 0.6) is 0 Å². The van der Waals surface area contributed by atoms with E-state index in [-0.39, 0.29) is 17.1 Å². The molecular formula is C20H22FN3O. The lowest BCUT2D eigenvalue weighted by molar-refractivity contribution is -0.119. The maximum Gasteiger partial charge on any atom is 0.227 e. The van der Waals surface area contributed by atoms with Crippen molar-refractivity contribution in [3.05, 3.63) is 29.6 Å². The molecule has 0 bridgehead atoms. The highest BCUT2D eigenvalue weighted by Gasteiger charge is 2.48. The maximum atomic E-state index is 14.5. The van der Waals surface area contributed by atoms with E-state index in [0.717, 1.165) is 31.2 Å². The van der Waals surface area contributed by atoms with Gasteiger partial charge in [-0.05, 0) is 24.5 Å². The molecule has 1 aromatic rings. The minimum absolute atomic E-state index is 0.0347. The summed E-state index contributed by atoms with van der Waals surface area (Å²) in [5.74, 6) is 2.27. The van der Waals surface area contributed by atoms with Crippen LogP contribution in [0.2, 0.25) is 0 Å². The van der Waals surface area contributed by atoms with Crippen molar-refractivity contribution in [3.63, 3.8) is 0 Å². The Morgan fingerprint density at radius 1 is 1.28 bits per heavy atom. The summed E-state index contributed by atoms with van der Waals surface area (Å²) < 4.78 is 14.5. The van der Waals surface area contributed by atoms with E-state index in [4.69, 9.17) is 6.42 Å². The van der Waals surface area contributed by atoms with Gasteiger partial charge < -0.3 is 4.90 Å². The number of halogens is 1. The molecule has 0 unspecified atom stereocenters. The van der Waals surface area contributed by atoms with Crippen LogP contribution in [-0.2, 0) is 10.2 Å². The second-order valence-corrected chi connectivity index (χ2v) is 7.49. The first-order chi connectivity index (χ1) is 12.1. The van der Waals surface area contributed by atoms with E-state index < -0.39 is 5.66 Å². The number of fused-ring (bicyclic) bond motifs is 2. The van der Waals surface area contributed by atoms with Gasteiger partial charge in [-0.1, -0.05) is 25.0 Å². The van der Waals surface area contributed by atoms with E-state index in [2.05, 4.69) is 16.1 Å². The topological polar surface area (TPSA) is 45.0 Å². The maximum absolute atomic E-state index is 14.5. The molecule has 1 aliphatic carbocycles. The zero-order valence-electron chi connectivity index (χ0n) is 14.3. The van der Waals surface area contributed by atoms with Crippen molar-refractivity contribution < 1.29 is 9.18 Å². The van der Waals surface area contributed by atoms with E-state index in [0.29, 0.717) is 37.9 Å². The van der Waals surface area contributed by atoms with Gasteiger partial charge in [-0.2, -0.15) is 10.2 Å². The van der Waals surface area contributed by atoms with E-state index in [1.54, 1.807) is 11.0 Å². The highest BCUT2D eigenvalue weighted by molar-refractivity contribution is 5.96. The fraction of sp³-hybridized carbons (Fsp3) is 0.550. The van der Waals surface area contributed by atoms with Crippen molar-refractivity contribution in [2.45, 2.75) is 62.4 Å². The molecule has 0 aromatic heterocycles. The molecule has 0 radical (unpaired) electrons. The SMILES string of the molecule is C#CCCC1(CCC(=O)N2CC3(CCCC3)c3cccc(F)c32)N=N1. The van der Waals surface area contributed by atoms with Gasteiger partial charge >= 0.3 is 0 Å². The Bertz CT molecular complexity index is 768. The fourth-order valence-electron chi connectivity index (χ4n) is 4.49. The lowest BCUT2D eigenvalue weighted by Gasteiger charge is -2.24. The highest BCUT2D eigenvalue weighted by atomic mass is 19.1. The molecule has 1 saturated carbocycles. The quantitative estimate of drug-likeness (QED) is 0.736. The summed E-state index contributed by atoms with van der Waals surface area (Å²) in [4.78, 5) is 14.6. The predicted octanol–water partition coefficient (Wildman–Crippen LogP) is 4.34. The van der Waals surface area contributed by atoms with Gasteiger partial charge in [0.25, 0.3) is 0 Å². The monoisotopic (exact) mass is 339 g/mol. The van der Waals surface area contributed by atoms with Gasteiger partial charge in [0, 0.05) is 37.6 Å². The molecule has 2 heterocycles. The summed E-state index contributed by atoms with van der Waals surface area (Å²) in [6.07, 6.45) is 11.8. The first-order valence-corrected chi connectivity index (χ1v) is 9.06. The number of terminal acetylenes is 1. The molecule has 1 spiro atoms. The second-order valence-electron chi connectivity index (χ2n) is 7.49. The summed E-state index contributed by atoms with van der Waals surface area (Å²) in [6.45, 7) is 0.605. The number of anilines is 1. The van der Waals surface area contributed by atoms with Crippen LogP contribution in [0, 0.1) is 18.2 Å². The van der Waals surface area contributed by atoms with Crippen molar-refractivity contribution in [1.29, 1.82) is 0 Å². The third-order valence-electron chi connectivity index (χ3n) is 5.94. The van der Waals surface area contributed by atoms with Gasteiger partial charge in [0.1, 0.15) is 5.82 Å². The molecular weight excluding hydrogens is 317 g/mol. The molecule has 1 aromatic carbocycles. The third kappa shape index (κ3) is 2.74. The Balaban J connectivity index is 1.51. The van der Waals surface area contributed by atoms with Gasteiger partial charge in [0.2, 0.25) is 5.91 Å². The number of rotatable bonds is 5. The van der Waals surface area contributed by atoms with Crippen molar-refractivity contribution in [3.8, 4) is 12.3 Å². The normalized spacial score (nSPS) is 21.4. The average molecular weight is 339 g/mol. The molecule has 0 N–H and O–H groups in total. The first kappa shape index (κ1) is 16.3. The van der Waals surface area contributed by atoms with E-state index in [1.807, 2.05) is 6.07 Å². The molecule has 0 saturated heterocycles. The average Bonchev–Trinajstić information content (AvgIpc) is 3.09. The van der Waals surface area contributed by atoms with Crippen molar-refractivity contribution in [2.75, 3.05) is 11.4 Å². The van der Waals surface area contributed by atoms with Crippen LogP contribution in [0.25, 0.3) is 0 Å². The number of carbonyl (C=O) groups excluding carboxylic acids is 1. The molecule has 1 fully saturated rings. The van der Waals surface area contributed by atoms with Crippen LogP contribution in [0.3, 0.4) is 0 Å². The van der Waals surface area contributed by atoms with Gasteiger partial charge in [-0.15, -0.1) is 12.3 Å². The Kier molecular flexibility index (Phi) is 3.87. The van der Waals surface area contributed by atoms with Crippen LogP contribution < -0.4 is 4.90 Å². The van der Waals surface area contributed by atoms with Crippen LogP contribution >= 0.6 is 0 Å². The lowest BCUT2D eigenvalue weighted by atomic mass is 9.81. The minimum Gasteiger partial charge on any atom is -0.309 e. The molecule has 5 heteroatoms. The smallest absolute Gasteiger partial charge is 0.227 e. The second kappa shape index (κ2) is 5.94. The van der Waals surface area contributed by atoms with Crippen LogP contribution in [0.15, 0.2) is 28.4 Å². The summed E-state index contributed by atoms with van der Waals surface area (Å²) in [7, 11) is 0. The van der Waals surface area contributed by atoms with Crippen LogP contribution in [0.4, 0.5) is 10.1 Å². The van der Waals surface area contributed by atoms with Crippen molar-refractivity contribution in [2.24, 2.45) is 10.2 Å². The van der Waals surface area contributed by atoms with Crippen LogP contribution in [-0.4, -0.2) is 18.1 Å². The largest absolute Gasteiger partial charge is 0.309 e. The fourth-order valence-corrected chi connectivity index (χ4v) is 4.49. The number of hydrogen-bond acceptors (Lipinski definition) is 3. The molecule has 130 valence electrons. The number of nitrogens with zero attached hydrogens (tertiary/aromatic N) is 3. The molecule has 4 nitrogen and oxygen atoms in total. The van der Waals surface area contributed by atoms with E-state index in [1.165, 1.54) is 6.07 Å². The summed E-state index contributed by atoms with van der Waals surface area (Å²) >= 11 is 0. The third-order valence-corrected chi connectivity index (χ3v) is 5.94. The number of benzene rings is 1. The summed E-state index contributed by atoms with van der Waals surface area (Å²) in [6, 6.07) is 5.21. The zero-order valence-corrected chi connectivity index (χ0v) is 14.3. The van der Waals surface area contributed by atoms with E-state index in [9.17, 15) is 9.18 Å². The zero-order chi connectivity index (χ0) is 17.5. The van der Waals surface area contributed by atoms with E-state index >= 15 is 0 Å². The summed E-state index contributed by atoms with van der Waals surface area (Å²) in [5, 5.41) is 8.17. The highest BCUT2D eigenvalue weighted by Crippen LogP contribution is 2.51. The standard InChI is InChI=1S/C20H22FN3O/c1-2-3-12-20(22-23-20)13-9-17(25)24-14-19(10-4-5-11-19)15-7-6-8-16(21)18(15)24/h1,6-8H,3-5,9-14H2.